The van der Waals surface area contributed by atoms with Gasteiger partial charge in [0.05, 0.1) is 0 Å². The minimum Gasteiger partial charge on any atom is -0.384 e. The van der Waals surface area contributed by atoms with Gasteiger partial charge in [-0.1, -0.05) is 0 Å². The lowest BCUT2D eigenvalue weighted by atomic mass is 10.1. The van der Waals surface area contributed by atoms with Crippen LogP contribution >= 0.6 is 0 Å². The van der Waals surface area contributed by atoms with Crippen LogP contribution < -0.4 is 16.0 Å². The number of nitrogens with one attached hydrogen (secondary N) is 1. The van der Waals surface area contributed by atoms with Crippen LogP contribution in [0.1, 0.15) is 19.3 Å². The van der Waals surface area contributed by atoms with Crippen molar-refractivity contribution in [3.05, 3.63) is 36.7 Å². The van der Waals surface area contributed by atoms with Gasteiger partial charge in [0.15, 0.2) is 0 Å². The lowest BCUT2D eigenvalue weighted by molar-refractivity contribution is 0.578. The summed E-state index contributed by atoms with van der Waals surface area (Å²) in [5, 5.41) is 3.23. The summed E-state index contributed by atoms with van der Waals surface area (Å²) >= 11 is 0. The molecule has 0 spiro atoms. The van der Waals surface area contributed by atoms with Gasteiger partial charge in [-0.3, -0.25) is 0 Å². The molecule has 1 aromatic heterocycles. The molecule has 1 aromatic carbocycles. The lowest BCUT2D eigenvalue weighted by Gasteiger charge is -2.28. The third-order valence-electron chi connectivity index (χ3n) is 3.55. The molecule has 0 unspecified atom stereocenters. The van der Waals surface area contributed by atoms with Crippen molar-refractivity contribution < 1.29 is 0 Å². The lowest BCUT2D eigenvalue weighted by Crippen LogP contribution is -2.29. The summed E-state index contributed by atoms with van der Waals surface area (Å²) in [6.07, 6.45) is 5.39. The number of aromatic nitrogens is 2. The van der Waals surface area contributed by atoms with E-state index in [4.69, 9.17) is 5.73 Å². The fourth-order valence-corrected chi connectivity index (χ4v) is 2.50. The second-order valence-electron chi connectivity index (χ2n) is 5.05. The first kappa shape index (κ1) is 12.7. The number of hydrogen-bond acceptors (Lipinski definition) is 5. The van der Waals surface area contributed by atoms with Crippen LogP contribution in [0.15, 0.2) is 36.7 Å². The summed E-state index contributed by atoms with van der Waals surface area (Å²) in [5.74, 6) is 1.18. The average molecular weight is 269 g/mol. The summed E-state index contributed by atoms with van der Waals surface area (Å²) in [4.78, 5) is 10.5. The normalized spacial score (nSPS) is 15.1. The van der Waals surface area contributed by atoms with E-state index in [0.29, 0.717) is 11.6 Å². The predicted molar refractivity (Wildman–Crippen MR) is 82.2 cm³/mol. The van der Waals surface area contributed by atoms with Crippen LogP contribution in [0.4, 0.5) is 23.0 Å². The zero-order valence-corrected chi connectivity index (χ0v) is 11.4. The van der Waals surface area contributed by atoms with Crippen molar-refractivity contribution in [3.63, 3.8) is 0 Å². The number of benzene rings is 1. The maximum atomic E-state index is 5.64. The van der Waals surface area contributed by atoms with Crippen molar-refractivity contribution in [1.82, 2.24) is 9.97 Å². The topological polar surface area (TPSA) is 67.1 Å². The SMILES string of the molecule is Nc1cc(Nc2ccc(N3CCCCC3)cc2)ncn1. The monoisotopic (exact) mass is 269 g/mol. The molecule has 0 radical (unpaired) electrons. The maximum Gasteiger partial charge on any atom is 0.135 e. The molecule has 1 saturated heterocycles. The zero-order chi connectivity index (χ0) is 13.8. The number of nitrogens with two attached hydrogens (primary N) is 1. The highest BCUT2D eigenvalue weighted by Gasteiger charge is 2.10. The number of anilines is 4. The third-order valence-corrected chi connectivity index (χ3v) is 3.55. The van der Waals surface area contributed by atoms with Gasteiger partial charge in [0.2, 0.25) is 0 Å². The Morgan fingerprint density at radius 3 is 2.45 bits per heavy atom. The Labute approximate surface area is 118 Å². The second-order valence-corrected chi connectivity index (χ2v) is 5.05. The van der Waals surface area contributed by atoms with E-state index in [1.807, 2.05) is 0 Å². The molecule has 1 fully saturated rings. The minimum absolute atomic E-state index is 0.465. The van der Waals surface area contributed by atoms with Crippen LogP contribution in [0.5, 0.6) is 0 Å². The van der Waals surface area contributed by atoms with E-state index in [2.05, 4.69) is 44.5 Å². The van der Waals surface area contributed by atoms with Gasteiger partial charge in [-0.05, 0) is 43.5 Å². The van der Waals surface area contributed by atoms with Crippen molar-refractivity contribution in [1.29, 1.82) is 0 Å². The molecule has 0 saturated carbocycles. The molecule has 5 heteroatoms. The van der Waals surface area contributed by atoms with Crippen molar-refractivity contribution in [3.8, 4) is 0 Å². The summed E-state index contributed by atoms with van der Waals surface area (Å²) in [7, 11) is 0. The summed E-state index contributed by atoms with van der Waals surface area (Å²) in [5.41, 5.74) is 7.93. The highest BCUT2D eigenvalue weighted by Crippen LogP contribution is 2.23. The summed E-state index contributed by atoms with van der Waals surface area (Å²) < 4.78 is 0. The first-order chi connectivity index (χ1) is 9.81. The second kappa shape index (κ2) is 5.77. The molecule has 0 amide bonds. The molecular formula is C15H19N5. The van der Waals surface area contributed by atoms with Gasteiger partial charge in [0, 0.05) is 30.5 Å². The fourth-order valence-electron chi connectivity index (χ4n) is 2.50. The minimum atomic E-state index is 0.465. The van der Waals surface area contributed by atoms with Gasteiger partial charge in [0.25, 0.3) is 0 Å². The molecule has 1 aliphatic rings. The van der Waals surface area contributed by atoms with Crippen molar-refractivity contribution in [2.45, 2.75) is 19.3 Å². The van der Waals surface area contributed by atoms with E-state index in [9.17, 15) is 0 Å². The molecule has 104 valence electrons. The zero-order valence-electron chi connectivity index (χ0n) is 11.4. The highest BCUT2D eigenvalue weighted by atomic mass is 15.1. The smallest absolute Gasteiger partial charge is 0.135 e. The molecule has 2 aromatic rings. The number of nitrogens with zero attached hydrogens (tertiary/aromatic N) is 3. The standard InChI is InChI=1S/C15H19N5/c16-14-10-15(18-11-17-14)19-12-4-6-13(7-5-12)20-8-2-1-3-9-20/h4-7,10-11H,1-3,8-9H2,(H3,16,17,18,19). The first-order valence-corrected chi connectivity index (χ1v) is 7.01. The predicted octanol–water partition coefficient (Wildman–Crippen LogP) is 2.79. The van der Waals surface area contributed by atoms with Gasteiger partial charge in [0.1, 0.15) is 18.0 Å². The molecule has 5 nitrogen and oxygen atoms in total. The third kappa shape index (κ3) is 2.99. The van der Waals surface area contributed by atoms with E-state index in [0.717, 1.165) is 18.8 Å². The van der Waals surface area contributed by atoms with Crippen LogP contribution in [0, 0.1) is 0 Å². The Bertz CT molecular complexity index is 561. The number of nitrogen functional groups attached to an aromatic ring is 1. The molecular weight excluding hydrogens is 250 g/mol. The molecule has 0 bridgehead atoms. The van der Waals surface area contributed by atoms with Gasteiger partial charge >= 0.3 is 0 Å². The Kier molecular flexibility index (Phi) is 3.67. The quantitative estimate of drug-likeness (QED) is 0.896. The van der Waals surface area contributed by atoms with E-state index in [1.54, 1.807) is 6.07 Å². The summed E-state index contributed by atoms with van der Waals surface area (Å²) in [6, 6.07) is 10.2. The average Bonchev–Trinajstić information content (AvgIpc) is 2.49. The van der Waals surface area contributed by atoms with E-state index < -0.39 is 0 Å². The number of piperidine rings is 1. The van der Waals surface area contributed by atoms with Gasteiger partial charge in [-0.25, -0.2) is 9.97 Å². The van der Waals surface area contributed by atoms with Crippen molar-refractivity contribution in [2.75, 3.05) is 29.0 Å². The Balaban J connectivity index is 1.69. The fraction of sp³-hybridized carbons (Fsp3) is 0.333. The van der Waals surface area contributed by atoms with Gasteiger partial charge < -0.3 is 16.0 Å². The van der Waals surface area contributed by atoms with E-state index >= 15 is 0 Å². The van der Waals surface area contributed by atoms with Crippen molar-refractivity contribution >= 4 is 23.0 Å². The summed E-state index contributed by atoms with van der Waals surface area (Å²) in [6.45, 7) is 2.32. The highest BCUT2D eigenvalue weighted by molar-refractivity contribution is 5.61. The largest absolute Gasteiger partial charge is 0.384 e. The molecule has 1 aliphatic heterocycles. The van der Waals surface area contributed by atoms with Crippen LogP contribution in [-0.4, -0.2) is 23.1 Å². The Hall–Kier alpha value is -2.30. The molecule has 0 atom stereocenters. The van der Waals surface area contributed by atoms with Crippen LogP contribution in [0.3, 0.4) is 0 Å². The van der Waals surface area contributed by atoms with Gasteiger partial charge in [-0.2, -0.15) is 0 Å². The molecule has 3 N–H and O–H groups in total. The maximum absolute atomic E-state index is 5.64. The van der Waals surface area contributed by atoms with Crippen LogP contribution in [-0.2, 0) is 0 Å². The van der Waals surface area contributed by atoms with Crippen LogP contribution in [0.25, 0.3) is 0 Å². The molecule has 2 heterocycles. The Morgan fingerprint density at radius 2 is 1.75 bits per heavy atom. The van der Waals surface area contributed by atoms with E-state index in [-0.39, 0.29) is 0 Å². The molecule has 20 heavy (non-hydrogen) atoms. The van der Waals surface area contributed by atoms with Crippen molar-refractivity contribution in [2.24, 2.45) is 0 Å². The first-order valence-electron chi connectivity index (χ1n) is 7.01. The number of hydrogen-bond donors (Lipinski definition) is 2. The molecule has 3 rings (SSSR count). The Morgan fingerprint density at radius 1 is 1.00 bits per heavy atom. The van der Waals surface area contributed by atoms with E-state index in [1.165, 1.54) is 31.3 Å². The van der Waals surface area contributed by atoms with Gasteiger partial charge in [-0.15, -0.1) is 0 Å². The molecule has 0 aliphatic carbocycles. The number of rotatable bonds is 3. The van der Waals surface area contributed by atoms with Crippen LogP contribution in [0.2, 0.25) is 0 Å².